The summed E-state index contributed by atoms with van der Waals surface area (Å²) in [7, 11) is 1.52. The third kappa shape index (κ3) is 3.50. The maximum atomic E-state index is 14.6. The van der Waals surface area contributed by atoms with Crippen molar-refractivity contribution in [2.45, 2.75) is 0 Å². The first-order valence-corrected chi connectivity index (χ1v) is 9.58. The first kappa shape index (κ1) is 18.6. The van der Waals surface area contributed by atoms with Crippen LogP contribution in [0.25, 0.3) is 10.2 Å². The lowest BCUT2D eigenvalue weighted by molar-refractivity contribution is 0.101. The summed E-state index contributed by atoms with van der Waals surface area (Å²) in [5, 5.41) is 5.92. The zero-order valence-corrected chi connectivity index (χ0v) is 15.9. The molecule has 1 amide bonds. The van der Waals surface area contributed by atoms with Crippen LogP contribution in [-0.4, -0.2) is 44.2 Å². The lowest BCUT2D eigenvalue weighted by atomic mass is 10.1. The van der Waals surface area contributed by atoms with Crippen molar-refractivity contribution in [1.29, 1.82) is 0 Å². The van der Waals surface area contributed by atoms with Gasteiger partial charge in [-0.2, -0.15) is 0 Å². The van der Waals surface area contributed by atoms with Crippen LogP contribution in [0.2, 0.25) is 0 Å². The number of fused-ring (bicyclic) bond motifs is 1. The number of anilines is 2. The number of amides is 1. The first-order chi connectivity index (χ1) is 13.6. The Kier molecular flexibility index (Phi) is 5.10. The van der Waals surface area contributed by atoms with E-state index in [0.29, 0.717) is 30.0 Å². The van der Waals surface area contributed by atoms with Crippen LogP contribution in [-0.2, 0) is 0 Å². The molecule has 0 atom stereocenters. The van der Waals surface area contributed by atoms with Crippen LogP contribution in [0.15, 0.2) is 30.3 Å². The number of hydrogen-bond acceptors (Lipinski definition) is 6. The zero-order valence-electron chi connectivity index (χ0n) is 15.1. The van der Waals surface area contributed by atoms with Crippen molar-refractivity contribution in [1.82, 2.24) is 10.3 Å². The van der Waals surface area contributed by atoms with Gasteiger partial charge in [0, 0.05) is 31.9 Å². The van der Waals surface area contributed by atoms with E-state index in [9.17, 15) is 13.6 Å². The number of methoxy groups -OCH3 is 1. The smallest absolute Gasteiger partial charge is 0.263 e. The molecule has 146 valence electrons. The molecule has 2 heterocycles. The van der Waals surface area contributed by atoms with E-state index in [4.69, 9.17) is 4.74 Å². The van der Waals surface area contributed by atoms with Gasteiger partial charge in [-0.05, 0) is 24.3 Å². The Morgan fingerprint density at radius 2 is 1.96 bits per heavy atom. The summed E-state index contributed by atoms with van der Waals surface area (Å²) in [6.07, 6.45) is 0. The lowest BCUT2D eigenvalue weighted by Gasteiger charge is -2.29. The van der Waals surface area contributed by atoms with E-state index in [0.717, 1.165) is 17.8 Å². The number of nitrogens with one attached hydrogen (secondary N) is 2. The van der Waals surface area contributed by atoms with Gasteiger partial charge in [-0.1, -0.05) is 17.4 Å². The molecule has 3 aromatic rings. The van der Waals surface area contributed by atoms with Crippen molar-refractivity contribution in [3.8, 4) is 5.75 Å². The molecule has 1 aliphatic rings. The largest absolute Gasteiger partial charge is 0.494 e. The molecule has 2 aromatic carbocycles. The van der Waals surface area contributed by atoms with Crippen LogP contribution in [0.5, 0.6) is 5.75 Å². The van der Waals surface area contributed by atoms with Crippen LogP contribution in [0.1, 0.15) is 10.4 Å². The fraction of sp³-hybridized carbons (Fsp3) is 0.263. The van der Waals surface area contributed by atoms with E-state index in [-0.39, 0.29) is 5.13 Å². The standard InChI is InChI=1S/C19H18F2N4O2S/c1-27-14-3-2-4-15-17(14)23-19(28-15)24-18(26)16-12(20)9-11(10-13(16)21)25-7-5-22-6-8-25/h2-4,9-10,22H,5-8H2,1H3,(H,23,24,26). The number of piperazine rings is 1. The van der Waals surface area contributed by atoms with E-state index in [1.165, 1.54) is 30.6 Å². The number of carbonyl (C=O) groups is 1. The quantitative estimate of drug-likeness (QED) is 0.699. The molecule has 0 spiro atoms. The predicted octanol–water partition coefficient (Wildman–Crippen LogP) is 3.25. The summed E-state index contributed by atoms with van der Waals surface area (Å²) in [6, 6.07) is 7.78. The van der Waals surface area contributed by atoms with Gasteiger partial charge in [-0.25, -0.2) is 13.8 Å². The zero-order chi connectivity index (χ0) is 19.7. The highest BCUT2D eigenvalue weighted by molar-refractivity contribution is 7.22. The molecule has 28 heavy (non-hydrogen) atoms. The number of halogens is 2. The van der Waals surface area contributed by atoms with Crippen LogP contribution in [0, 0.1) is 11.6 Å². The van der Waals surface area contributed by atoms with Crippen molar-refractivity contribution in [2.24, 2.45) is 0 Å². The topological polar surface area (TPSA) is 66.5 Å². The van der Waals surface area contributed by atoms with Crippen molar-refractivity contribution in [3.63, 3.8) is 0 Å². The van der Waals surface area contributed by atoms with E-state index < -0.39 is 23.1 Å². The van der Waals surface area contributed by atoms with Gasteiger partial charge in [0.1, 0.15) is 28.5 Å². The summed E-state index contributed by atoms with van der Waals surface area (Å²) in [5.41, 5.74) is 0.392. The first-order valence-electron chi connectivity index (χ1n) is 8.76. The highest BCUT2D eigenvalue weighted by Gasteiger charge is 2.22. The van der Waals surface area contributed by atoms with Crippen LogP contribution >= 0.6 is 11.3 Å². The second-order valence-corrected chi connectivity index (χ2v) is 7.33. The van der Waals surface area contributed by atoms with E-state index in [2.05, 4.69) is 15.6 Å². The molecule has 0 bridgehead atoms. The summed E-state index contributed by atoms with van der Waals surface area (Å²) < 4.78 is 35.2. The van der Waals surface area contributed by atoms with E-state index in [1.54, 1.807) is 12.1 Å². The molecule has 0 unspecified atom stereocenters. The molecule has 0 aliphatic carbocycles. The number of nitrogens with zero attached hydrogens (tertiary/aromatic N) is 2. The van der Waals surface area contributed by atoms with Gasteiger partial charge < -0.3 is 15.0 Å². The third-order valence-electron chi connectivity index (χ3n) is 4.56. The highest BCUT2D eigenvalue weighted by atomic mass is 32.1. The Morgan fingerprint density at radius 1 is 1.25 bits per heavy atom. The van der Waals surface area contributed by atoms with E-state index >= 15 is 0 Å². The Balaban J connectivity index is 1.59. The SMILES string of the molecule is COc1cccc2sc(NC(=O)c3c(F)cc(N4CCNCC4)cc3F)nc12. The van der Waals surface area contributed by atoms with Gasteiger partial charge in [0.2, 0.25) is 0 Å². The molecule has 0 saturated carbocycles. The number of aromatic nitrogens is 1. The van der Waals surface area contributed by atoms with Gasteiger partial charge in [-0.15, -0.1) is 0 Å². The molecular formula is C19H18F2N4O2S. The van der Waals surface area contributed by atoms with Crippen molar-refractivity contribution >= 4 is 38.3 Å². The Hall–Kier alpha value is -2.78. The van der Waals surface area contributed by atoms with Crippen molar-refractivity contribution in [2.75, 3.05) is 43.5 Å². The lowest BCUT2D eigenvalue weighted by Crippen LogP contribution is -2.43. The summed E-state index contributed by atoms with van der Waals surface area (Å²) in [6.45, 7) is 2.79. The van der Waals surface area contributed by atoms with Gasteiger partial charge in [0.25, 0.3) is 5.91 Å². The summed E-state index contributed by atoms with van der Waals surface area (Å²) in [4.78, 5) is 18.7. The number of benzene rings is 2. The second kappa shape index (κ2) is 7.69. The minimum absolute atomic E-state index is 0.245. The number of para-hydroxylation sites is 1. The molecule has 1 aromatic heterocycles. The molecule has 0 radical (unpaired) electrons. The van der Waals surface area contributed by atoms with Gasteiger partial charge >= 0.3 is 0 Å². The predicted molar refractivity (Wildman–Crippen MR) is 106 cm³/mol. The monoisotopic (exact) mass is 404 g/mol. The molecule has 1 saturated heterocycles. The number of hydrogen-bond donors (Lipinski definition) is 2. The molecule has 4 rings (SSSR count). The average Bonchev–Trinajstić information content (AvgIpc) is 3.10. The maximum Gasteiger partial charge on any atom is 0.263 e. The van der Waals surface area contributed by atoms with Crippen molar-refractivity contribution < 1.29 is 18.3 Å². The fourth-order valence-corrected chi connectivity index (χ4v) is 4.06. The number of carbonyl (C=O) groups excluding carboxylic acids is 1. The maximum absolute atomic E-state index is 14.6. The van der Waals surface area contributed by atoms with Gasteiger partial charge in [-0.3, -0.25) is 10.1 Å². The molecule has 6 nitrogen and oxygen atoms in total. The van der Waals surface area contributed by atoms with Gasteiger partial charge in [0.15, 0.2) is 5.13 Å². The second-order valence-electron chi connectivity index (χ2n) is 6.30. The number of thiazole rings is 1. The Morgan fingerprint density at radius 3 is 2.64 bits per heavy atom. The van der Waals surface area contributed by atoms with Gasteiger partial charge in [0.05, 0.1) is 11.8 Å². The molecule has 1 aliphatic heterocycles. The fourth-order valence-electron chi connectivity index (χ4n) is 3.18. The Bertz CT molecular complexity index is 1010. The molecule has 1 fully saturated rings. The minimum Gasteiger partial charge on any atom is -0.494 e. The third-order valence-corrected chi connectivity index (χ3v) is 5.49. The van der Waals surface area contributed by atoms with E-state index in [1.807, 2.05) is 11.0 Å². The van der Waals surface area contributed by atoms with Crippen LogP contribution in [0.3, 0.4) is 0 Å². The average molecular weight is 404 g/mol. The summed E-state index contributed by atoms with van der Waals surface area (Å²) in [5.74, 6) is -2.11. The van der Waals surface area contributed by atoms with Crippen LogP contribution in [0.4, 0.5) is 19.6 Å². The van der Waals surface area contributed by atoms with Crippen molar-refractivity contribution in [3.05, 3.63) is 47.5 Å². The minimum atomic E-state index is -0.898. The molecular weight excluding hydrogens is 386 g/mol. The number of ether oxygens (including phenoxy) is 1. The number of rotatable bonds is 4. The normalized spacial score (nSPS) is 14.3. The molecule has 2 N–H and O–H groups in total. The molecule has 9 heteroatoms. The van der Waals surface area contributed by atoms with Crippen LogP contribution < -0.4 is 20.3 Å². The summed E-state index contributed by atoms with van der Waals surface area (Å²) >= 11 is 1.20. The highest BCUT2D eigenvalue weighted by Crippen LogP contribution is 2.32. The Labute approximate surface area is 164 Å².